The van der Waals surface area contributed by atoms with E-state index in [4.69, 9.17) is 0 Å². The van der Waals surface area contributed by atoms with Crippen molar-refractivity contribution in [2.45, 2.75) is 0 Å². The molecule has 1 rings (SSSR count). The molecule has 0 amide bonds. The molecule has 0 bridgehead atoms. The Morgan fingerprint density at radius 3 is 2.00 bits per heavy atom. The summed E-state index contributed by atoms with van der Waals surface area (Å²) in [6.45, 7) is 0. The van der Waals surface area contributed by atoms with Crippen LogP contribution in [-0.2, 0) is 0 Å². The van der Waals surface area contributed by atoms with Crippen molar-refractivity contribution in [3.05, 3.63) is 22.9 Å². The molecule has 0 aromatic carbocycles. The van der Waals surface area contributed by atoms with Crippen molar-refractivity contribution < 1.29 is 66.6 Å². The van der Waals surface area contributed by atoms with Gasteiger partial charge in [0.05, 0.1) is 0 Å². The van der Waals surface area contributed by atoms with Crippen molar-refractivity contribution in [1.29, 1.82) is 0 Å². The zero-order valence-corrected chi connectivity index (χ0v) is 9.36. The van der Waals surface area contributed by atoms with E-state index in [-0.39, 0.29) is 66.6 Å². The number of rotatable bonds is 0. The maximum absolute atomic E-state index is 2.90. The van der Waals surface area contributed by atoms with Gasteiger partial charge in [0.1, 0.15) is 0 Å². The molecule has 0 aliphatic heterocycles. The molecule has 0 saturated heterocycles. The van der Waals surface area contributed by atoms with Crippen LogP contribution in [0.15, 0.2) is 17.5 Å². The summed E-state index contributed by atoms with van der Waals surface area (Å²) in [5.74, 6) is 0. The van der Waals surface area contributed by atoms with Crippen LogP contribution in [0, 0.1) is 47.1 Å². The Labute approximate surface area is 99.3 Å². The Hall–Kier alpha value is 1.66. The summed E-state index contributed by atoms with van der Waals surface area (Å²) >= 11 is 1.59. The van der Waals surface area contributed by atoms with E-state index in [1.165, 1.54) is 0 Å². The number of hydrogen-bond donors (Lipinski definition) is 0. The average molecular weight is 294 g/mol. The van der Waals surface area contributed by atoms with Gasteiger partial charge in [0.2, 0.25) is 0 Å². The van der Waals surface area contributed by atoms with E-state index in [2.05, 4.69) is 5.38 Å². The molecule has 1 aromatic rings. The Balaban J connectivity index is -0.0000000833. The average Bonchev–Trinajstić information content (AvgIpc) is 1.76. The van der Waals surface area contributed by atoms with Crippen molar-refractivity contribution in [2.75, 3.05) is 0 Å². The largest absolute Gasteiger partial charge is 1.00 e. The first kappa shape index (κ1) is 16.3. The van der Waals surface area contributed by atoms with Gasteiger partial charge in [-0.05, 0) is 11.4 Å². The second-order valence-corrected chi connectivity index (χ2v) is 1.47. The quantitative estimate of drug-likeness (QED) is 0.453. The van der Waals surface area contributed by atoms with Crippen LogP contribution in [0.2, 0.25) is 0 Å². The summed E-state index contributed by atoms with van der Waals surface area (Å²) in [4.78, 5) is 0. The first-order valence-corrected chi connectivity index (χ1v) is 2.27. The molecule has 0 fully saturated rings. The third-order valence-corrected chi connectivity index (χ3v) is 0.944. The van der Waals surface area contributed by atoms with Crippen LogP contribution in [0.1, 0.15) is 0 Å². The van der Waals surface area contributed by atoms with Crippen LogP contribution in [0.4, 0.5) is 0 Å². The zero-order chi connectivity index (χ0) is 3.54. The van der Waals surface area contributed by atoms with E-state index in [1.807, 2.05) is 17.5 Å². The number of hydrogen-bond acceptors (Lipinski definition) is 1. The van der Waals surface area contributed by atoms with E-state index in [9.17, 15) is 0 Å². The fraction of sp³-hybridized carbons (Fsp3) is 0. The van der Waals surface area contributed by atoms with E-state index >= 15 is 0 Å². The summed E-state index contributed by atoms with van der Waals surface area (Å²) in [6, 6.07) is 3.86. The van der Waals surface area contributed by atoms with Crippen molar-refractivity contribution in [3.63, 3.8) is 0 Å². The van der Waals surface area contributed by atoms with Gasteiger partial charge in [0, 0.05) is 47.1 Å². The molecule has 0 atom stereocenters. The maximum Gasteiger partial charge on any atom is 0.0442 e. The van der Waals surface area contributed by atoms with Gasteiger partial charge in [-0.15, -0.1) is 11.3 Å². The Bertz CT molecular complexity index is 70.5. The van der Waals surface area contributed by atoms with Crippen LogP contribution in [0.25, 0.3) is 0 Å². The Morgan fingerprint density at radius 2 is 1.88 bits per heavy atom. The van der Waals surface area contributed by atoms with Crippen molar-refractivity contribution in [3.8, 4) is 0 Å². The fourth-order valence-electron chi connectivity index (χ4n) is 0.196. The minimum atomic E-state index is 0. The SMILES string of the molecule is [Ce].[Cl-].[Cl-].[c]1cccs1. The monoisotopic (exact) mass is 293 g/mol. The summed E-state index contributed by atoms with van der Waals surface area (Å²) in [7, 11) is 0. The molecule has 0 nitrogen and oxygen atoms in total. The van der Waals surface area contributed by atoms with E-state index in [1.54, 1.807) is 11.3 Å². The molecular formula is C4H3CeCl2S-2. The molecule has 1 heterocycles. The van der Waals surface area contributed by atoms with Gasteiger partial charge < -0.3 is 24.8 Å². The van der Waals surface area contributed by atoms with Gasteiger partial charge in [-0.2, -0.15) is 0 Å². The van der Waals surface area contributed by atoms with Crippen LogP contribution < -0.4 is 24.8 Å². The predicted octanol–water partition coefficient (Wildman–Crippen LogP) is -4.44. The van der Waals surface area contributed by atoms with Crippen molar-refractivity contribution in [1.82, 2.24) is 0 Å². The van der Waals surface area contributed by atoms with Gasteiger partial charge in [0.25, 0.3) is 0 Å². The first-order valence-electron chi connectivity index (χ1n) is 1.40. The topological polar surface area (TPSA) is 0 Å². The molecule has 1 radical (unpaired) electrons. The molecule has 4 heteroatoms. The smallest absolute Gasteiger partial charge is 0.0442 e. The predicted molar refractivity (Wildman–Crippen MR) is 23.2 cm³/mol. The van der Waals surface area contributed by atoms with Gasteiger partial charge in [-0.3, -0.25) is 0 Å². The Kier molecular flexibility index (Phi) is 23.4. The summed E-state index contributed by atoms with van der Waals surface area (Å²) < 4.78 is 0. The summed E-state index contributed by atoms with van der Waals surface area (Å²) in [5.41, 5.74) is 0. The molecule has 0 N–H and O–H groups in total. The standard InChI is InChI=1S/C4H3S.Ce.2ClH/c1-2-4-5-3-1;;;/h1-3H;;2*1H/p-2. The molecule has 0 unspecified atom stereocenters. The van der Waals surface area contributed by atoms with E-state index < -0.39 is 0 Å². The van der Waals surface area contributed by atoms with Crippen LogP contribution >= 0.6 is 11.3 Å². The van der Waals surface area contributed by atoms with Crippen LogP contribution in [-0.4, -0.2) is 0 Å². The minimum Gasteiger partial charge on any atom is -1.00 e. The van der Waals surface area contributed by atoms with Gasteiger partial charge >= 0.3 is 0 Å². The van der Waals surface area contributed by atoms with E-state index in [0.29, 0.717) is 0 Å². The third kappa shape index (κ3) is 7.66. The summed E-state index contributed by atoms with van der Waals surface area (Å²) in [5, 5.41) is 4.89. The second-order valence-electron chi connectivity index (χ2n) is 0.731. The number of thiophene rings is 1. The van der Waals surface area contributed by atoms with Gasteiger partial charge in [-0.25, -0.2) is 0 Å². The maximum atomic E-state index is 2.90. The Morgan fingerprint density at radius 1 is 1.25 bits per heavy atom. The molecule has 0 spiro atoms. The molecule has 0 saturated carbocycles. The van der Waals surface area contributed by atoms with Gasteiger partial charge in [-0.1, -0.05) is 6.07 Å². The molecule has 1 aromatic heterocycles. The normalized spacial score (nSPS) is 5.00. The minimum absolute atomic E-state index is 0. The molecule has 0 aliphatic carbocycles. The first-order chi connectivity index (χ1) is 2.50. The van der Waals surface area contributed by atoms with Gasteiger partial charge in [0.15, 0.2) is 0 Å². The molecule has 0 aliphatic rings. The van der Waals surface area contributed by atoms with Crippen molar-refractivity contribution in [2.24, 2.45) is 0 Å². The fourth-order valence-corrected chi connectivity index (χ4v) is 0.589. The van der Waals surface area contributed by atoms with E-state index in [0.717, 1.165) is 0 Å². The third-order valence-electron chi connectivity index (χ3n) is 0.379. The van der Waals surface area contributed by atoms with Crippen LogP contribution in [0.3, 0.4) is 0 Å². The number of halogens is 2. The molecule has 45 valence electrons. The van der Waals surface area contributed by atoms with Crippen LogP contribution in [0.5, 0.6) is 0 Å². The molecular weight excluding hydrogens is 291 g/mol. The molecule has 8 heavy (non-hydrogen) atoms. The second kappa shape index (κ2) is 11.5. The summed E-state index contributed by atoms with van der Waals surface area (Å²) in [6.07, 6.45) is 0. The zero-order valence-electron chi connectivity index (χ0n) is 3.90. The van der Waals surface area contributed by atoms with Crippen molar-refractivity contribution >= 4 is 11.3 Å².